The minimum Gasteiger partial charge on any atom is -0.394 e. The van der Waals surface area contributed by atoms with Crippen LogP contribution in [0.5, 0.6) is 0 Å². The molecular formula is C10H15N5O2. The molecular weight excluding hydrogens is 222 g/mol. The molecule has 1 unspecified atom stereocenters. The van der Waals surface area contributed by atoms with Gasteiger partial charge in [0.25, 0.3) is 0 Å². The number of aromatic nitrogens is 2. The van der Waals surface area contributed by atoms with Crippen LogP contribution >= 0.6 is 0 Å². The molecule has 0 aromatic carbocycles. The van der Waals surface area contributed by atoms with E-state index in [-0.39, 0.29) is 18.5 Å². The van der Waals surface area contributed by atoms with Gasteiger partial charge >= 0.3 is 0 Å². The highest BCUT2D eigenvalue weighted by Crippen LogP contribution is 2.12. The number of ether oxygens (including phenoxy) is 1. The van der Waals surface area contributed by atoms with E-state index in [9.17, 15) is 0 Å². The van der Waals surface area contributed by atoms with Crippen LogP contribution in [-0.2, 0) is 4.74 Å². The standard InChI is InChI=1S/C10H15N5O2/c11-9(12)8-1-2-13-10(14-8)15-3-4-17-7(5-15)6-16/h1-2,7,16H,3-6H2,(H3,11,12). The van der Waals surface area contributed by atoms with E-state index in [1.165, 1.54) is 0 Å². The molecule has 0 radical (unpaired) electrons. The van der Waals surface area contributed by atoms with E-state index in [0.717, 1.165) is 0 Å². The summed E-state index contributed by atoms with van der Waals surface area (Å²) in [5, 5.41) is 16.4. The van der Waals surface area contributed by atoms with Crippen molar-refractivity contribution in [3.05, 3.63) is 18.0 Å². The molecule has 1 aliphatic rings. The van der Waals surface area contributed by atoms with Gasteiger partial charge < -0.3 is 20.5 Å². The van der Waals surface area contributed by atoms with Gasteiger partial charge in [-0.3, -0.25) is 5.41 Å². The van der Waals surface area contributed by atoms with Gasteiger partial charge in [-0.05, 0) is 6.07 Å². The fourth-order valence-corrected chi connectivity index (χ4v) is 1.66. The number of morpholine rings is 1. The zero-order valence-corrected chi connectivity index (χ0v) is 9.33. The van der Waals surface area contributed by atoms with E-state index in [0.29, 0.717) is 31.3 Å². The molecule has 0 amide bonds. The minimum absolute atomic E-state index is 0.0249. The van der Waals surface area contributed by atoms with Crippen molar-refractivity contribution in [2.75, 3.05) is 31.2 Å². The summed E-state index contributed by atoms with van der Waals surface area (Å²) < 4.78 is 5.34. The Morgan fingerprint density at radius 3 is 3.24 bits per heavy atom. The van der Waals surface area contributed by atoms with Crippen molar-refractivity contribution in [1.29, 1.82) is 5.41 Å². The second-order valence-electron chi connectivity index (χ2n) is 3.78. The highest BCUT2D eigenvalue weighted by molar-refractivity contribution is 5.93. The molecule has 2 heterocycles. The van der Waals surface area contributed by atoms with Crippen LogP contribution in [0.4, 0.5) is 5.95 Å². The molecule has 0 bridgehead atoms. The minimum atomic E-state index is -0.215. The van der Waals surface area contributed by atoms with E-state index in [4.69, 9.17) is 21.0 Å². The largest absolute Gasteiger partial charge is 0.394 e. The van der Waals surface area contributed by atoms with Crippen molar-refractivity contribution < 1.29 is 9.84 Å². The predicted octanol–water partition coefficient (Wildman–Crippen LogP) is -1.04. The van der Waals surface area contributed by atoms with Crippen molar-refractivity contribution in [2.45, 2.75) is 6.10 Å². The molecule has 7 heteroatoms. The number of amidine groups is 1. The molecule has 1 saturated heterocycles. The van der Waals surface area contributed by atoms with Gasteiger partial charge in [-0.2, -0.15) is 0 Å². The first-order valence-corrected chi connectivity index (χ1v) is 5.35. The van der Waals surface area contributed by atoms with Crippen molar-refractivity contribution in [1.82, 2.24) is 9.97 Å². The fourth-order valence-electron chi connectivity index (χ4n) is 1.66. The summed E-state index contributed by atoms with van der Waals surface area (Å²) in [5.41, 5.74) is 5.78. The number of nitrogens with two attached hydrogens (primary N) is 1. The molecule has 17 heavy (non-hydrogen) atoms. The predicted molar refractivity (Wildman–Crippen MR) is 62.1 cm³/mol. The first-order valence-electron chi connectivity index (χ1n) is 5.35. The summed E-state index contributed by atoms with van der Waals surface area (Å²) in [6.45, 7) is 1.71. The third-order valence-corrected chi connectivity index (χ3v) is 2.54. The highest BCUT2D eigenvalue weighted by atomic mass is 16.5. The Labute approximate surface area is 98.7 Å². The molecule has 1 atom stereocenters. The number of hydrogen-bond acceptors (Lipinski definition) is 6. The summed E-state index contributed by atoms with van der Waals surface area (Å²) in [7, 11) is 0. The third kappa shape index (κ3) is 2.69. The Kier molecular flexibility index (Phi) is 3.50. The van der Waals surface area contributed by atoms with Crippen LogP contribution in [0.25, 0.3) is 0 Å². The number of nitrogen functional groups attached to an aromatic ring is 1. The van der Waals surface area contributed by atoms with Gasteiger partial charge in [0.15, 0.2) is 0 Å². The van der Waals surface area contributed by atoms with E-state index in [1.807, 2.05) is 4.90 Å². The molecule has 1 fully saturated rings. The van der Waals surface area contributed by atoms with Gasteiger partial charge in [-0.15, -0.1) is 0 Å². The molecule has 0 spiro atoms. The Hall–Kier alpha value is -1.73. The molecule has 7 nitrogen and oxygen atoms in total. The zero-order chi connectivity index (χ0) is 12.3. The Morgan fingerprint density at radius 1 is 1.71 bits per heavy atom. The topological polar surface area (TPSA) is 108 Å². The Bertz CT molecular complexity index is 411. The lowest BCUT2D eigenvalue weighted by atomic mass is 10.3. The monoisotopic (exact) mass is 237 g/mol. The SMILES string of the molecule is N=C(N)c1ccnc(N2CCOC(CO)C2)n1. The molecule has 92 valence electrons. The number of anilines is 1. The van der Waals surface area contributed by atoms with Crippen LogP contribution in [-0.4, -0.2) is 53.3 Å². The van der Waals surface area contributed by atoms with E-state index < -0.39 is 0 Å². The highest BCUT2D eigenvalue weighted by Gasteiger charge is 2.21. The smallest absolute Gasteiger partial charge is 0.226 e. The average Bonchev–Trinajstić information content (AvgIpc) is 2.39. The van der Waals surface area contributed by atoms with Gasteiger partial charge in [0, 0.05) is 19.3 Å². The average molecular weight is 237 g/mol. The van der Waals surface area contributed by atoms with Crippen LogP contribution in [0.3, 0.4) is 0 Å². The van der Waals surface area contributed by atoms with Crippen LogP contribution in [0.15, 0.2) is 12.3 Å². The van der Waals surface area contributed by atoms with Crippen molar-refractivity contribution >= 4 is 11.8 Å². The number of aliphatic hydroxyl groups excluding tert-OH is 1. The maximum atomic E-state index is 9.05. The van der Waals surface area contributed by atoms with Crippen LogP contribution in [0, 0.1) is 5.41 Å². The molecule has 0 aliphatic carbocycles. The van der Waals surface area contributed by atoms with Crippen molar-refractivity contribution in [2.24, 2.45) is 5.73 Å². The van der Waals surface area contributed by atoms with Gasteiger partial charge in [0.1, 0.15) is 11.5 Å². The van der Waals surface area contributed by atoms with Gasteiger partial charge in [0.2, 0.25) is 5.95 Å². The number of rotatable bonds is 3. The molecule has 0 saturated carbocycles. The molecule has 4 N–H and O–H groups in total. The lowest BCUT2D eigenvalue weighted by Gasteiger charge is -2.32. The van der Waals surface area contributed by atoms with E-state index >= 15 is 0 Å². The fraction of sp³-hybridized carbons (Fsp3) is 0.500. The molecule has 1 aromatic heterocycles. The van der Waals surface area contributed by atoms with Crippen molar-refractivity contribution in [3.63, 3.8) is 0 Å². The lowest BCUT2D eigenvalue weighted by Crippen LogP contribution is -2.45. The number of nitrogens with one attached hydrogen (secondary N) is 1. The van der Waals surface area contributed by atoms with Gasteiger partial charge in [-0.1, -0.05) is 0 Å². The van der Waals surface area contributed by atoms with Crippen LogP contribution in [0.2, 0.25) is 0 Å². The third-order valence-electron chi connectivity index (χ3n) is 2.54. The second kappa shape index (κ2) is 5.07. The maximum Gasteiger partial charge on any atom is 0.226 e. The molecule has 1 aromatic rings. The summed E-state index contributed by atoms with van der Waals surface area (Å²) in [6.07, 6.45) is 1.36. The van der Waals surface area contributed by atoms with Gasteiger partial charge in [-0.25, -0.2) is 9.97 Å². The zero-order valence-electron chi connectivity index (χ0n) is 9.33. The van der Waals surface area contributed by atoms with E-state index in [1.54, 1.807) is 12.3 Å². The summed E-state index contributed by atoms with van der Waals surface area (Å²) in [5.74, 6) is 0.431. The normalized spacial score (nSPS) is 20.3. The number of aliphatic hydroxyl groups is 1. The Balaban J connectivity index is 2.16. The lowest BCUT2D eigenvalue weighted by molar-refractivity contribution is 0.00314. The first-order chi connectivity index (χ1) is 8.20. The van der Waals surface area contributed by atoms with Crippen LogP contribution in [0.1, 0.15) is 5.69 Å². The summed E-state index contributed by atoms with van der Waals surface area (Å²) >= 11 is 0. The quantitative estimate of drug-likeness (QED) is 0.457. The second-order valence-corrected chi connectivity index (χ2v) is 3.78. The maximum absolute atomic E-state index is 9.05. The summed E-state index contributed by atoms with van der Waals surface area (Å²) in [4.78, 5) is 10.2. The summed E-state index contributed by atoms with van der Waals surface area (Å²) in [6, 6.07) is 1.59. The van der Waals surface area contributed by atoms with Crippen LogP contribution < -0.4 is 10.6 Å². The van der Waals surface area contributed by atoms with Crippen molar-refractivity contribution in [3.8, 4) is 0 Å². The Morgan fingerprint density at radius 2 is 2.53 bits per heavy atom. The first kappa shape index (κ1) is 11.7. The number of hydrogen-bond donors (Lipinski definition) is 3. The van der Waals surface area contributed by atoms with Gasteiger partial charge in [0.05, 0.1) is 19.3 Å². The molecule has 2 rings (SSSR count). The van der Waals surface area contributed by atoms with E-state index in [2.05, 4.69) is 9.97 Å². The molecule has 1 aliphatic heterocycles. The number of nitrogens with zero attached hydrogens (tertiary/aromatic N) is 3.